The van der Waals surface area contributed by atoms with Crippen LogP contribution in [0.15, 0.2) is 36.0 Å². The largest absolute Gasteiger partial charge is 0.459 e. The van der Waals surface area contributed by atoms with Gasteiger partial charge in [0, 0.05) is 19.4 Å². The Bertz CT molecular complexity index is 816. The van der Waals surface area contributed by atoms with Crippen molar-refractivity contribution < 1.29 is 33.6 Å². The normalized spacial score (nSPS) is 37.2. The van der Waals surface area contributed by atoms with Gasteiger partial charge >= 0.3 is 5.97 Å². The number of aliphatic hydroxyl groups excluding tert-OH is 1. The van der Waals surface area contributed by atoms with Crippen molar-refractivity contribution in [2.45, 2.75) is 96.0 Å². The first-order valence-corrected chi connectivity index (χ1v) is 12.2. The Balaban J connectivity index is 1.45. The number of esters is 1. The van der Waals surface area contributed by atoms with Gasteiger partial charge in [0.05, 0.1) is 31.5 Å². The molecule has 3 aliphatic rings. The van der Waals surface area contributed by atoms with Gasteiger partial charge in [-0.1, -0.05) is 30.7 Å². The van der Waals surface area contributed by atoms with E-state index in [9.17, 15) is 14.7 Å². The molecule has 1 spiro atoms. The van der Waals surface area contributed by atoms with Gasteiger partial charge < -0.3 is 29.4 Å². The highest BCUT2D eigenvalue weighted by molar-refractivity contribution is 5.87. The van der Waals surface area contributed by atoms with Gasteiger partial charge in [0.25, 0.3) is 0 Å². The van der Waals surface area contributed by atoms with Crippen molar-refractivity contribution in [2.24, 2.45) is 5.92 Å². The molecule has 8 heteroatoms. The number of allylic oxidation sites excluding steroid dienone is 2. The second kappa shape index (κ2) is 11.6. The number of rotatable bonds is 8. The summed E-state index contributed by atoms with van der Waals surface area (Å²) in [5, 5.41) is 13.5. The van der Waals surface area contributed by atoms with Crippen molar-refractivity contribution in [1.29, 1.82) is 0 Å². The van der Waals surface area contributed by atoms with Crippen molar-refractivity contribution in [3.63, 3.8) is 0 Å². The molecular formula is C26H39NO7. The number of carbonyl (C=O) groups excluding carboxylic acids is 2. The third-order valence-corrected chi connectivity index (χ3v) is 6.84. The van der Waals surface area contributed by atoms with E-state index >= 15 is 0 Å². The van der Waals surface area contributed by atoms with Crippen molar-refractivity contribution in [3.05, 3.63) is 36.0 Å². The van der Waals surface area contributed by atoms with Crippen LogP contribution in [0.2, 0.25) is 0 Å². The van der Waals surface area contributed by atoms with Gasteiger partial charge in [-0.15, -0.1) is 0 Å². The molecule has 3 saturated heterocycles. The Labute approximate surface area is 202 Å². The number of aliphatic hydroxyl groups is 1. The van der Waals surface area contributed by atoms with E-state index in [4.69, 9.17) is 18.9 Å². The molecule has 2 N–H and O–H groups in total. The molecule has 3 fully saturated rings. The average molecular weight is 478 g/mol. The Morgan fingerprint density at radius 2 is 2.00 bits per heavy atom. The number of carbonyl (C=O) groups is 2. The predicted molar refractivity (Wildman–Crippen MR) is 127 cm³/mol. The zero-order valence-electron chi connectivity index (χ0n) is 20.9. The maximum Gasteiger partial charge on any atom is 0.303 e. The van der Waals surface area contributed by atoms with Crippen LogP contribution in [0.4, 0.5) is 0 Å². The van der Waals surface area contributed by atoms with E-state index in [1.165, 1.54) is 13.0 Å². The van der Waals surface area contributed by atoms with Crippen LogP contribution in [0.25, 0.3) is 0 Å². The molecule has 0 aliphatic carbocycles. The first kappa shape index (κ1) is 26.6. The fourth-order valence-corrected chi connectivity index (χ4v) is 4.56. The predicted octanol–water partition coefficient (Wildman–Crippen LogP) is 2.60. The van der Waals surface area contributed by atoms with E-state index in [2.05, 4.69) is 18.3 Å². The van der Waals surface area contributed by atoms with E-state index in [0.29, 0.717) is 13.2 Å². The highest BCUT2D eigenvalue weighted by Gasteiger charge is 2.55. The smallest absolute Gasteiger partial charge is 0.303 e. The van der Waals surface area contributed by atoms with E-state index in [-0.39, 0.29) is 42.1 Å². The summed E-state index contributed by atoms with van der Waals surface area (Å²) in [7, 11) is 0. The minimum atomic E-state index is -0.625. The molecule has 0 aromatic carbocycles. The zero-order valence-corrected chi connectivity index (χ0v) is 20.9. The first-order valence-electron chi connectivity index (χ1n) is 12.2. The summed E-state index contributed by atoms with van der Waals surface area (Å²) in [5.74, 6) is -0.335. The van der Waals surface area contributed by atoms with Gasteiger partial charge in [0.15, 0.2) is 0 Å². The van der Waals surface area contributed by atoms with Gasteiger partial charge in [-0.2, -0.15) is 0 Å². The summed E-state index contributed by atoms with van der Waals surface area (Å²) in [5.41, 5.74) is 0.687. The fraction of sp³-hybridized carbons (Fsp3) is 0.692. The second-order valence-corrected chi connectivity index (χ2v) is 9.81. The zero-order chi connectivity index (χ0) is 24.9. The van der Waals surface area contributed by atoms with Crippen LogP contribution in [0.5, 0.6) is 0 Å². The highest BCUT2D eigenvalue weighted by Crippen LogP contribution is 2.40. The van der Waals surface area contributed by atoms with E-state index < -0.39 is 17.8 Å². The summed E-state index contributed by atoms with van der Waals surface area (Å²) in [6, 6.07) is -0.0840. The molecule has 1 amide bonds. The van der Waals surface area contributed by atoms with Crippen LogP contribution in [0.1, 0.15) is 53.9 Å². The summed E-state index contributed by atoms with van der Waals surface area (Å²) in [6.45, 7) is 10.4. The van der Waals surface area contributed by atoms with E-state index in [0.717, 1.165) is 24.8 Å². The van der Waals surface area contributed by atoms with E-state index in [1.807, 2.05) is 26.0 Å². The molecule has 3 aliphatic heterocycles. The Morgan fingerprint density at radius 3 is 2.68 bits per heavy atom. The monoisotopic (exact) mass is 477 g/mol. The van der Waals surface area contributed by atoms with Gasteiger partial charge in [-0.3, -0.25) is 9.59 Å². The Morgan fingerprint density at radius 1 is 1.26 bits per heavy atom. The number of epoxide rings is 1. The van der Waals surface area contributed by atoms with Crippen LogP contribution in [-0.4, -0.2) is 72.4 Å². The van der Waals surface area contributed by atoms with Crippen LogP contribution >= 0.6 is 0 Å². The molecular weight excluding hydrogens is 438 g/mol. The summed E-state index contributed by atoms with van der Waals surface area (Å²) >= 11 is 0. The highest BCUT2D eigenvalue weighted by atomic mass is 16.6. The molecule has 0 bridgehead atoms. The van der Waals surface area contributed by atoms with Crippen molar-refractivity contribution in [1.82, 2.24) is 5.32 Å². The third kappa shape index (κ3) is 7.25. The summed E-state index contributed by atoms with van der Waals surface area (Å²) in [4.78, 5) is 23.2. The lowest BCUT2D eigenvalue weighted by Crippen LogP contribution is -2.50. The summed E-state index contributed by atoms with van der Waals surface area (Å²) < 4.78 is 22.4. The first-order chi connectivity index (χ1) is 16.1. The maximum absolute atomic E-state index is 12.3. The number of nitrogens with one attached hydrogen (secondary N) is 1. The van der Waals surface area contributed by atoms with Crippen molar-refractivity contribution in [3.8, 4) is 0 Å². The molecule has 34 heavy (non-hydrogen) atoms. The lowest BCUT2D eigenvalue weighted by atomic mass is 9.88. The number of amides is 1. The van der Waals surface area contributed by atoms with Crippen LogP contribution in [-0.2, 0) is 28.5 Å². The minimum absolute atomic E-state index is 0.0608. The Hall–Kier alpha value is -2.00. The number of hydrogen-bond donors (Lipinski definition) is 2. The van der Waals surface area contributed by atoms with Gasteiger partial charge in [0.1, 0.15) is 23.9 Å². The van der Waals surface area contributed by atoms with Crippen molar-refractivity contribution >= 4 is 11.9 Å². The molecule has 8 nitrogen and oxygen atoms in total. The van der Waals surface area contributed by atoms with Gasteiger partial charge in [-0.05, 0) is 45.6 Å². The number of hydrogen-bond acceptors (Lipinski definition) is 7. The van der Waals surface area contributed by atoms with E-state index in [1.54, 1.807) is 13.0 Å². The number of ether oxygens (including phenoxy) is 4. The third-order valence-electron chi connectivity index (χ3n) is 6.84. The molecule has 0 aromatic rings. The molecule has 3 heterocycles. The SMILES string of the molecule is CC(=O)OC(C)/C=C\C(=O)NC1CC(C)C(C/C=C(C)/C=C/C2OCCC3(CO3)[C@@H]2O)OC1C. The lowest BCUT2D eigenvalue weighted by Gasteiger charge is -2.39. The molecule has 0 saturated carbocycles. The molecule has 3 rings (SSSR count). The molecule has 8 atom stereocenters. The lowest BCUT2D eigenvalue weighted by molar-refractivity contribution is -0.143. The standard InChI is InChI=1S/C26H39NO7/c1-16(7-10-23-25(30)26(15-32-26)12-13-31-23)6-9-22-17(2)14-21(19(4)34-22)27-24(29)11-8-18(3)33-20(5)28/h6-8,10-11,17-19,21-23,25,30H,9,12-15H2,1-5H3,(H,27,29)/b10-7+,11-8-,16-6+/t17?,18?,19?,21?,22?,23?,25-,26?/m1/s1. The molecule has 7 unspecified atom stereocenters. The van der Waals surface area contributed by atoms with Gasteiger partial charge in [0.2, 0.25) is 5.91 Å². The summed E-state index contributed by atoms with van der Waals surface area (Å²) in [6.07, 6.45) is 9.85. The van der Waals surface area contributed by atoms with Crippen LogP contribution in [0, 0.1) is 5.92 Å². The van der Waals surface area contributed by atoms with Crippen LogP contribution in [0.3, 0.4) is 0 Å². The maximum atomic E-state index is 12.3. The molecule has 190 valence electrons. The topological polar surface area (TPSA) is 107 Å². The Kier molecular flexibility index (Phi) is 9.09. The molecule has 0 aromatic heterocycles. The second-order valence-electron chi connectivity index (χ2n) is 9.81. The van der Waals surface area contributed by atoms with Crippen molar-refractivity contribution in [2.75, 3.05) is 13.2 Å². The van der Waals surface area contributed by atoms with Crippen LogP contribution < -0.4 is 5.32 Å². The minimum Gasteiger partial charge on any atom is -0.459 e. The van der Waals surface area contributed by atoms with Gasteiger partial charge in [-0.25, -0.2) is 0 Å². The fourth-order valence-electron chi connectivity index (χ4n) is 4.56. The quantitative estimate of drug-likeness (QED) is 0.240. The molecule has 0 radical (unpaired) electrons. The average Bonchev–Trinajstić information content (AvgIpc) is 3.54.